The van der Waals surface area contributed by atoms with Gasteiger partial charge >= 0.3 is 5.97 Å². The molecule has 0 saturated carbocycles. The summed E-state index contributed by atoms with van der Waals surface area (Å²) in [6.45, 7) is 0. The lowest BCUT2D eigenvalue weighted by Gasteiger charge is -2.19. The van der Waals surface area contributed by atoms with Gasteiger partial charge in [-0.3, -0.25) is 4.31 Å². The highest BCUT2D eigenvalue weighted by atomic mass is 32.2. The first-order chi connectivity index (χ1) is 13.0. The summed E-state index contributed by atoms with van der Waals surface area (Å²) in [5.74, 6) is -0.161. The van der Waals surface area contributed by atoms with Crippen LogP contribution < -0.4 is 9.04 Å². The molecule has 0 aliphatic heterocycles. The van der Waals surface area contributed by atoms with Crippen LogP contribution in [0.4, 0.5) is 5.69 Å². The number of nitrogens with zero attached hydrogens (tertiary/aromatic N) is 1. The van der Waals surface area contributed by atoms with Gasteiger partial charge in [-0.05, 0) is 53.9 Å². The Morgan fingerprint density at radius 1 is 1.00 bits per heavy atom. The molecule has 3 rings (SSSR count). The summed E-state index contributed by atoms with van der Waals surface area (Å²) < 4.78 is 31.7. The minimum Gasteiger partial charge on any atom is -0.423 e. The normalized spacial score (nSPS) is 11.4. The first-order valence-corrected chi connectivity index (χ1v) is 10.4. The Balaban J connectivity index is 1.69. The second-order valence-corrected chi connectivity index (χ2v) is 8.50. The van der Waals surface area contributed by atoms with Crippen LogP contribution in [0.25, 0.3) is 6.08 Å². The highest BCUT2D eigenvalue weighted by molar-refractivity contribution is 7.92. The number of hydrogen-bond acceptors (Lipinski definition) is 5. The van der Waals surface area contributed by atoms with Crippen LogP contribution in [0.1, 0.15) is 4.88 Å². The molecule has 0 saturated heterocycles. The second kappa shape index (κ2) is 8.20. The van der Waals surface area contributed by atoms with Gasteiger partial charge in [-0.1, -0.05) is 24.3 Å². The SMILES string of the molecule is CN(c1ccc(OC(=O)/C=C/c2cccs2)cc1)S(=O)(=O)c1ccccc1. The molecule has 0 unspecified atom stereocenters. The van der Waals surface area contributed by atoms with E-state index in [0.717, 1.165) is 4.88 Å². The number of esters is 1. The summed E-state index contributed by atoms with van der Waals surface area (Å²) in [4.78, 5) is 13.0. The van der Waals surface area contributed by atoms with E-state index < -0.39 is 16.0 Å². The van der Waals surface area contributed by atoms with Crippen molar-refractivity contribution in [1.29, 1.82) is 0 Å². The molecular weight excluding hydrogens is 382 g/mol. The number of benzene rings is 2. The molecule has 0 fully saturated rings. The van der Waals surface area contributed by atoms with Crippen LogP contribution in [-0.2, 0) is 14.8 Å². The molecular formula is C20H17NO4S2. The maximum absolute atomic E-state index is 12.6. The molecule has 1 aromatic heterocycles. The Morgan fingerprint density at radius 2 is 1.70 bits per heavy atom. The number of rotatable bonds is 6. The summed E-state index contributed by atoms with van der Waals surface area (Å²) in [5.41, 5.74) is 0.466. The highest BCUT2D eigenvalue weighted by Crippen LogP contribution is 2.24. The molecule has 0 N–H and O–H groups in total. The van der Waals surface area contributed by atoms with Gasteiger partial charge in [-0.2, -0.15) is 0 Å². The van der Waals surface area contributed by atoms with E-state index in [1.165, 1.54) is 28.8 Å². The fourth-order valence-corrected chi connectivity index (χ4v) is 4.13. The minimum atomic E-state index is -3.65. The van der Waals surface area contributed by atoms with Gasteiger partial charge in [0.1, 0.15) is 5.75 Å². The summed E-state index contributed by atoms with van der Waals surface area (Å²) in [6, 6.07) is 18.3. The fourth-order valence-electron chi connectivity index (χ4n) is 2.30. The predicted molar refractivity (Wildman–Crippen MR) is 107 cm³/mol. The van der Waals surface area contributed by atoms with Gasteiger partial charge in [0.15, 0.2) is 0 Å². The van der Waals surface area contributed by atoms with Crippen molar-refractivity contribution in [2.24, 2.45) is 0 Å². The second-order valence-electron chi connectivity index (χ2n) is 5.55. The number of sulfonamides is 1. The van der Waals surface area contributed by atoms with Crippen molar-refractivity contribution in [2.45, 2.75) is 4.90 Å². The molecule has 27 heavy (non-hydrogen) atoms. The van der Waals surface area contributed by atoms with Crippen molar-refractivity contribution >= 4 is 39.1 Å². The van der Waals surface area contributed by atoms with Crippen molar-refractivity contribution in [2.75, 3.05) is 11.4 Å². The van der Waals surface area contributed by atoms with E-state index in [1.54, 1.807) is 60.7 Å². The van der Waals surface area contributed by atoms with Crippen LogP contribution in [-0.4, -0.2) is 21.4 Å². The van der Waals surface area contributed by atoms with E-state index in [1.807, 2.05) is 17.5 Å². The predicted octanol–water partition coefficient (Wildman–Crippen LogP) is 4.19. The van der Waals surface area contributed by atoms with Crippen molar-refractivity contribution < 1.29 is 17.9 Å². The Labute approximate surface area is 162 Å². The van der Waals surface area contributed by atoms with Gasteiger partial charge < -0.3 is 4.74 Å². The number of thiophene rings is 1. The van der Waals surface area contributed by atoms with E-state index in [4.69, 9.17) is 4.74 Å². The quantitative estimate of drug-likeness (QED) is 0.354. The molecule has 0 radical (unpaired) electrons. The number of anilines is 1. The molecule has 0 atom stereocenters. The van der Waals surface area contributed by atoms with Gasteiger partial charge in [0.2, 0.25) is 0 Å². The third-order valence-electron chi connectivity index (χ3n) is 3.75. The largest absolute Gasteiger partial charge is 0.423 e. The summed E-state index contributed by atoms with van der Waals surface area (Å²) in [6.07, 6.45) is 3.04. The van der Waals surface area contributed by atoms with E-state index in [-0.39, 0.29) is 4.90 Å². The highest BCUT2D eigenvalue weighted by Gasteiger charge is 2.20. The summed E-state index contributed by atoms with van der Waals surface area (Å²) in [5, 5.41) is 1.92. The lowest BCUT2D eigenvalue weighted by atomic mass is 10.3. The topological polar surface area (TPSA) is 63.7 Å². The molecule has 0 aliphatic carbocycles. The van der Waals surface area contributed by atoms with Crippen molar-refractivity contribution in [1.82, 2.24) is 0 Å². The Hall–Kier alpha value is -2.90. The van der Waals surface area contributed by atoms with E-state index in [0.29, 0.717) is 11.4 Å². The van der Waals surface area contributed by atoms with E-state index >= 15 is 0 Å². The van der Waals surface area contributed by atoms with Crippen molar-refractivity contribution in [3.05, 3.63) is 83.1 Å². The van der Waals surface area contributed by atoms with Crippen LogP contribution in [0, 0.1) is 0 Å². The standard InChI is InChI=1S/C20H17NO4S2/c1-21(27(23,24)19-7-3-2-4-8-19)16-9-11-17(12-10-16)25-20(22)14-13-18-6-5-15-26-18/h2-15H,1H3/b14-13+. The Bertz CT molecular complexity index is 1030. The average molecular weight is 399 g/mol. The van der Waals surface area contributed by atoms with Crippen LogP contribution in [0.2, 0.25) is 0 Å². The van der Waals surface area contributed by atoms with Crippen LogP contribution in [0.15, 0.2) is 83.1 Å². The lowest BCUT2D eigenvalue weighted by molar-refractivity contribution is -0.128. The first kappa shape index (κ1) is 18.9. The zero-order valence-corrected chi connectivity index (χ0v) is 16.1. The van der Waals surface area contributed by atoms with Crippen LogP contribution >= 0.6 is 11.3 Å². The average Bonchev–Trinajstić information content (AvgIpc) is 3.21. The molecule has 7 heteroatoms. The lowest BCUT2D eigenvalue weighted by Crippen LogP contribution is -2.26. The third-order valence-corrected chi connectivity index (χ3v) is 6.38. The fraction of sp³-hybridized carbons (Fsp3) is 0.0500. The maximum atomic E-state index is 12.6. The molecule has 3 aromatic rings. The number of hydrogen-bond donors (Lipinski definition) is 0. The molecule has 0 spiro atoms. The van der Waals surface area contributed by atoms with Gasteiger partial charge in [-0.25, -0.2) is 13.2 Å². The Kier molecular flexibility index (Phi) is 5.73. The molecule has 2 aromatic carbocycles. The molecule has 138 valence electrons. The zero-order valence-electron chi connectivity index (χ0n) is 14.5. The monoisotopic (exact) mass is 399 g/mol. The molecule has 0 bridgehead atoms. The van der Waals surface area contributed by atoms with Gasteiger partial charge in [0, 0.05) is 18.0 Å². The van der Waals surface area contributed by atoms with E-state index in [2.05, 4.69) is 0 Å². The van der Waals surface area contributed by atoms with Crippen molar-refractivity contribution in [3.8, 4) is 5.75 Å². The van der Waals surface area contributed by atoms with Gasteiger partial charge in [0.25, 0.3) is 10.0 Å². The van der Waals surface area contributed by atoms with Crippen molar-refractivity contribution in [3.63, 3.8) is 0 Å². The Morgan fingerprint density at radius 3 is 2.33 bits per heavy atom. The molecule has 1 heterocycles. The number of carbonyl (C=O) groups excluding carboxylic acids is 1. The summed E-state index contributed by atoms with van der Waals surface area (Å²) >= 11 is 1.52. The summed E-state index contributed by atoms with van der Waals surface area (Å²) in [7, 11) is -2.17. The van der Waals surface area contributed by atoms with Crippen LogP contribution in [0.5, 0.6) is 5.75 Å². The van der Waals surface area contributed by atoms with E-state index in [9.17, 15) is 13.2 Å². The number of ether oxygens (including phenoxy) is 1. The molecule has 0 aliphatic rings. The first-order valence-electron chi connectivity index (χ1n) is 8.04. The third kappa shape index (κ3) is 4.64. The minimum absolute atomic E-state index is 0.210. The smallest absolute Gasteiger partial charge is 0.336 e. The van der Waals surface area contributed by atoms with Gasteiger partial charge in [-0.15, -0.1) is 11.3 Å². The zero-order chi connectivity index (χ0) is 19.3. The molecule has 0 amide bonds. The van der Waals surface area contributed by atoms with Crippen LogP contribution in [0.3, 0.4) is 0 Å². The molecule has 5 nitrogen and oxygen atoms in total. The maximum Gasteiger partial charge on any atom is 0.336 e. The number of carbonyl (C=O) groups is 1. The van der Waals surface area contributed by atoms with Gasteiger partial charge in [0.05, 0.1) is 10.6 Å².